The molecular formula is C6H4Br2ClN. The predicted molar refractivity (Wildman–Crippen MR) is 49.2 cm³/mol. The molecule has 0 aromatic carbocycles. The van der Waals surface area contributed by atoms with Crippen molar-refractivity contribution in [1.82, 2.24) is 4.98 Å². The minimum absolute atomic E-state index is 0.450. The Labute approximate surface area is 81.1 Å². The van der Waals surface area contributed by atoms with E-state index in [1.165, 1.54) is 0 Å². The lowest BCUT2D eigenvalue weighted by molar-refractivity contribution is 1.15. The van der Waals surface area contributed by atoms with Gasteiger partial charge in [0, 0.05) is 10.7 Å². The molecule has 1 rings (SSSR count). The maximum atomic E-state index is 5.55. The van der Waals surface area contributed by atoms with Gasteiger partial charge in [0.2, 0.25) is 0 Å². The Bertz CT molecular complexity index is 239. The third kappa shape index (κ3) is 1.94. The molecule has 0 aliphatic rings. The van der Waals surface area contributed by atoms with Crippen molar-refractivity contribution in [1.29, 1.82) is 0 Å². The van der Waals surface area contributed by atoms with Gasteiger partial charge in [-0.1, -0.05) is 0 Å². The van der Waals surface area contributed by atoms with Crippen molar-refractivity contribution < 1.29 is 0 Å². The molecule has 0 radical (unpaired) electrons. The van der Waals surface area contributed by atoms with Gasteiger partial charge >= 0.3 is 0 Å². The number of halogens is 3. The molecular weight excluding hydrogens is 281 g/mol. The Morgan fingerprint density at radius 2 is 2.10 bits per heavy atom. The average Bonchev–Trinajstić information content (AvgIpc) is 1.95. The van der Waals surface area contributed by atoms with Gasteiger partial charge in [0.1, 0.15) is 0 Å². The first-order chi connectivity index (χ1) is 4.74. The van der Waals surface area contributed by atoms with E-state index in [-0.39, 0.29) is 0 Å². The van der Waals surface area contributed by atoms with Gasteiger partial charge in [-0.25, -0.2) is 0 Å². The molecule has 0 N–H and O–H groups in total. The molecule has 0 fully saturated rings. The van der Waals surface area contributed by atoms with Crippen LogP contribution in [0.2, 0.25) is 0 Å². The molecule has 0 aliphatic heterocycles. The Balaban J connectivity index is 3.04. The van der Waals surface area contributed by atoms with Gasteiger partial charge < -0.3 is 0 Å². The lowest BCUT2D eigenvalue weighted by Crippen LogP contribution is -1.83. The van der Waals surface area contributed by atoms with Crippen molar-refractivity contribution in [2.45, 2.75) is 5.88 Å². The molecule has 10 heavy (non-hydrogen) atoms. The zero-order valence-corrected chi connectivity index (χ0v) is 8.87. The quantitative estimate of drug-likeness (QED) is 0.721. The summed E-state index contributed by atoms with van der Waals surface area (Å²) in [6, 6.07) is 1.89. The topological polar surface area (TPSA) is 12.9 Å². The summed E-state index contributed by atoms with van der Waals surface area (Å²) in [4.78, 5) is 4.05. The summed E-state index contributed by atoms with van der Waals surface area (Å²) in [5.74, 6) is 0.450. The summed E-state index contributed by atoms with van der Waals surface area (Å²) in [5.41, 5.74) is 0.872. The van der Waals surface area contributed by atoms with E-state index >= 15 is 0 Å². The van der Waals surface area contributed by atoms with Crippen molar-refractivity contribution in [2.24, 2.45) is 0 Å². The van der Waals surface area contributed by atoms with Crippen LogP contribution >= 0.6 is 43.5 Å². The maximum Gasteiger partial charge on any atom is 0.0647 e. The molecule has 0 amide bonds. The molecule has 0 saturated heterocycles. The summed E-state index contributed by atoms with van der Waals surface area (Å²) < 4.78 is 1.93. The minimum atomic E-state index is 0.450. The molecule has 1 aromatic heterocycles. The van der Waals surface area contributed by atoms with E-state index in [9.17, 15) is 0 Å². The smallest absolute Gasteiger partial charge is 0.0647 e. The molecule has 1 aromatic rings. The van der Waals surface area contributed by atoms with Crippen molar-refractivity contribution in [3.8, 4) is 0 Å². The van der Waals surface area contributed by atoms with Gasteiger partial charge in [0.15, 0.2) is 0 Å². The Hall–Kier alpha value is 0.400. The highest BCUT2D eigenvalue weighted by atomic mass is 79.9. The fourth-order valence-electron chi connectivity index (χ4n) is 0.527. The summed E-state index contributed by atoms with van der Waals surface area (Å²) in [6.07, 6.45) is 1.72. The standard InChI is InChI=1S/C6H4Br2ClN/c7-5-1-4(2-9)10-3-6(5)8/h1,3H,2H2. The van der Waals surface area contributed by atoms with E-state index in [1.54, 1.807) is 6.20 Å². The third-order valence-corrected chi connectivity index (χ3v) is 3.10. The summed E-state index contributed by atoms with van der Waals surface area (Å²) in [7, 11) is 0. The third-order valence-electron chi connectivity index (χ3n) is 1.00. The fraction of sp³-hybridized carbons (Fsp3) is 0.167. The van der Waals surface area contributed by atoms with Crippen LogP contribution in [-0.2, 0) is 5.88 Å². The van der Waals surface area contributed by atoms with Crippen LogP contribution in [0.15, 0.2) is 21.2 Å². The highest BCUT2D eigenvalue weighted by Gasteiger charge is 1.97. The molecule has 4 heteroatoms. The predicted octanol–water partition coefficient (Wildman–Crippen LogP) is 3.35. The zero-order valence-electron chi connectivity index (χ0n) is 4.94. The first-order valence-corrected chi connectivity index (χ1v) is 4.72. The number of nitrogens with zero attached hydrogens (tertiary/aromatic N) is 1. The van der Waals surface area contributed by atoms with Crippen LogP contribution in [0.25, 0.3) is 0 Å². The average molecular weight is 285 g/mol. The second kappa shape index (κ2) is 3.69. The molecule has 0 bridgehead atoms. The van der Waals surface area contributed by atoms with Crippen LogP contribution in [0, 0.1) is 0 Å². The normalized spacial score (nSPS) is 9.90. The van der Waals surface area contributed by atoms with Crippen LogP contribution in [0.1, 0.15) is 5.69 Å². The minimum Gasteiger partial charge on any atom is -0.259 e. The number of pyridine rings is 1. The molecule has 54 valence electrons. The van der Waals surface area contributed by atoms with E-state index in [2.05, 4.69) is 36.8 Å². The summed E-state index contributed by atoms with van der Waals surface area (Å²) in [5, 5.41) is 0. The van der Waals surface area contributed by atoms with Gasteiger partial charge in [0.05, 0.1) is 16.0 Å². The van der Waals surface area contributed by atoms with E-state index < -0.39 is 0 Å². The van der Waals surface area contributed by atoms with Gasteiger partial charge in [-0.15, -0.1) is 11.6 Å². The highest BCUT2D eigenvalue weighted by molar-refractivity contribution is 9.13. The van der Waals surface area contributed by atoms with Crippen molar-refractivity contribution >= 4 is 43.5 Å². The second-order valence-corrected chi connectivity index (χ2v) is 3.70. The second-order valence-electron chi connectivity index (χ2n) is 1.72. The number of alkyl halides is 1. The Morgan fingerprint density at radius 1 is 1.40 bits per heavy atom. The van der Waals surface area contributed by atoms with E-state index in [0.29, 0.717) is 5.88 Å². The number of hydrogen-bond donors (Lipinski definition) is 0. The van der Waals surface area contributed by atoms with Crippen molar-refractivity contribution in [3.63, 3.8) is 0 Å². The fourth-order valence-corrected chi connectivity index (χ4v) is 1.26. The van der Waals surface area contributed by atoms with Crippen LogP contribution in [-0.4, -0.2) is 4.98 Å². The number of rotatable bonds is 1. The van der Waals surface area contributed by atoms with Gasteiger partial charge in [-0.2, -0.15) is 0 Å². The first-order valence-electron chi connectivity index (χ1n) is 2.60. The largest absolute Gasteiger partial charge is 0.259 e. The van der Waals surface area contributed by atoms with Crippen LogP contribution in [0.4, 0.5) is 0 Å². The lowest BCUT2D eigenvalue weighted by Gasteiger charge is -1.96. The first kappa shape index (κ1) is 8.50. The summed E-state index contributed by atoms with van der Waals surface area (Å²) >= 11 is 12.2. The Kier molecular flexibility index (Phi) is 3.14. The van der Waals surface area contributed by atoms with Crippen LogP contribution in [0.3, 0.4) is 0 Å². The lowest BCUT2D eigenvalue weighted by atomic mass is 10.4. The van der Waals surface area contributed by atoms with E-state index in [4.69, 9.17) is 11.6 Å². The molecule has 1 heterocycles. The molecule has 0 aliphatic carbocycles. The van der Waals surface area contributed by atoms with Gasteiger partial charge in [-0.3, -0.25) is 4.98 Å². The Morgan fingerprint density at radius 3 is 2.60 bits per heavy atom. The monoisotopic (exact) mass is 283 g/mol. The number of aromatic nitrogens is 1. The van der Waals surface area contributed by atoms with Crippen molar-refractivity contribution in [2.75, 3.05) is 0 Å². The zero-order chi connectivity index (χ0) is 7.56. The molecule has 0 atom stereocenters. The van der Waals surface area contributed by atoms with E-state index in [0.717, 1.165) is 14.6 Å². The van der Waals surface area contributed by atoms with Gasteiger partial charge in [-0.05, 0) is 37.9 Å². The van der Waals surface area contributed by atoms with E-state index in [1.807, 2.05) is 6.07 Å². The van der Waals surface area contributed by atoms with Crippen LogP contribution < -0.4 is 0 Å². The molecule has 0 spiro atoms. The molecule has 0 saturated carbocycles. The SMILES string of the molecule is ClCc1cc(Br)c(Br)cn1. The van der Waals surface area contributed by atoms with Gasteiger partial charge in [0.25, 0.3) is 0 Å². The number of hydrogen-bond acceptors (Lipinski definition) is 1. The molecule has 1 nitrogen and oxygen atoms in total. The highest BCUT2D eigenvalue weighted by Crippen LogP contribution is 2.22. The maximum absolute atomic E-state index is 5.55. The van der Waals surface area contributed by atoms with Crippen LogP contribution in [0.5, 0.6) is 0 Å². The summed E-state index contributed by atoms with van der Waals surface area (Å²) in [6.45, 7) is 0. The molecule has 0 unspecified atom stereocenters. The van der Waals surface area contributed by atoms with Crippen molar-refractivity contribution in [3.05, 3.63) is 26.9 Å².